The molecule has 2 N–H and O–H groups in total. The van der Waals surface area contributed by atoms with E-state index in [1.807, 2.05) is 19.1 Å². The van der Waals surface area contributed by atoms with Gasteiger partial charge in [0.15, 0.2) is 5.78 Å². The fourth-order valence-electron chi connectivity index (χ4n) is 1.32. The van der Waals surface area contributed by atoms with Gasteiger partial charge in [0.1, 0.15) is 5.57 Å². The van der Waals surface area contributed by atoms with Crippen molar-refractivity contribution in [2.75, 3.05) is 5.32 Å². The maximum Gasteiger partial charge on any atom is 0.340 e. The molecule has 0 heterocycles. The van der Waals surface area contributed by atoms with Gasteiger partial charge in [-0.05, 0) is 30.7 Å². The first-order valence-corrected chi connectivity index (χ1v) is 6.32. The molecule has 0 aliphatic rings. The minimum Gasteiger partial charge on any atom is -0.478 e. The van der Waals surface area contributed by atoms with E-state index in [1.54, 1.807) is 12.1 Å². The molecule has 1 rings (SSSR count). The molecule has 0 radical (unpaired) electrons. The molecule has 0 aliphatic carbocycles. The zero-order valence-electron chi connectivity index (χ0n) is 9.94. The number of nitrogens with one attached hydrogen (secondary N) is 1. The van der Waals surface area contributed by atoms with Crippen LogP contribution in [-0.4, -0.2) is 16.9 Å². The number of carbonyl (C=O) groups is 2. The van der Waals surface area contributed by atoms with Crippen LogP contribution in [0.1, 0.15) is 19.8 Å². The van der Waals surface area contributed by atoms with E-state index < -0.39 is 5.97 Å². The lowest BCUT2D eigenvalue weighted by atomic mass is 10.1. The molecule has 1 aromatic carbocycles. The lowest BCUT2D eigenvalue weighted by molar-refractivity contribution is -0.134. The first kappa shape index (κ1) is 14.4. The number of anilines is 1. The summed E-state index contributed by atoms with van der Waals surface area (Å²) in [7, 11) is 0. The number of rotatable bonds is 6. The molecule has 4 nitrogen and oxygen atoms in total. The number of carbonyl (C=O) groups excluding carboxylic acids is 1. The maximum absolute atomic E-state index is 11.6. The van der Waals surface area contributed by atoms with E-state index in [0.29, 0.717) is 6.42 Å². The third-order valence-corrected chi connectivity index (χ3v) is 2.76. The largest absolute Gasteiger partial charge is 0.478 e. The summed E-state index contributed by atoms with van der Waals surface area (Å²) in [6.45, 7) is 1.83. The Bertz CT molecular complexity index is 466. The molecule has 0 fully saturated rings. The van der Waals surface area contributed by atoms with Crippen LogP contribution in [0.3, 0.4) is 0 Å². The Hall–Kier alpha value is -1.62. The van der Waals surface area contributed by atoms with E-state index in [1.165, 1.54) is 6.20 Å². The number of carboxylic acid groups (broad SMARTS) is 1. The van der Waals surface area contributed by atoms with Gasteiger partial charge >= 0.3 is 5.97 Å². The Morgan fingerprint density at radius 1 is 1.33 bits per heavy atom. The van der Waals surface area contributed by atoms with Gasteiger partial charge < -0.3 is 10.4 Å². The molecule has 5 heteroatoms. The number of halogens is 1. The lowest BCUT2D eigenvalue weighted by Gasteiger charge is -2.04. The Balaban J connectivity index is 2.80. The second-order valence-corrected chi connectivity index (χ2v) is 4.60. The fourth-order valence-corrected chi connectivity index (χ4v) is 1.59. The van der Waals surface area contributed by atoms with Crippen molar-refractivity contribution in [2.24, 2.45) is 0 Å². The molecule has 0 aromatic heterocycles. The second kappa shape index (κ2) is 6.96. The van der Waals surface area contributed by atoms with Crippen molar-refractivity contribution in [1.82, 2.24) is 0 Å². The average molecular weight is 312 g/mol. The number of carboxylic acids is 1. The van der Waals surface area contributed by atoms with Gasteiger partial charge in [0.2, 0.25) is 0 Å². The monoisotopic (exact) mass is 311 g/mol. The van der Waals surface area contributed by atoms with E-state index in [-0.39, 0.29) is 17.8 Å². The van der Waals surface area contributed by atoms with Crippen LogP contribution < -0.4 is 5.32 Å². The van der Waals surface area contributed by atoms with E-state index >= 15 is 0 Å². The summed E-state index contributed by atoms with van der Waals surface area (Å²) in [5.41, 5.74) is 0.501. The first-order valence-electron chi connectivity index (χ1n) is 5.53. The van der Waals surface area contributed by atoms with Crippen LogP contribution in [0.5, 0.6) is 0 Å². The van der Waals surface area contributed by atoms with Crippen molar-refractivity contribution in [1.29, 1.82) is 0 Å². The van der Waals surface area contributed by atoms with Crippen molar-refractivity contribution in [3.05, 3.63) is 40.5 Å². The molecule has 0 saturated heterocycles. The van der Waals surface area contributed by atoms with Crippen LogP contribution in [-0.2, 0) is 9.59 Å². The number of hydrogen-bond donors (Lipinski definition) is 2. The Kier molecular flexibility index (Phi) is 5.58. The third-order valence-electron chi connectivity index (χ3n) is 2.24. The van der Waals surface area contributed by atoms with E-state index in [0.717, 1.165) is 10.2 Å². The topological polar surface area (TPSA) is 66.4 Å². The smallest absolute Gasteiger partial charge is 0.340 e. The highest BCUT2D eigenvalue weighted by Gasteiger charge is 2.15. The molecular weight excluding hydrogens is 298 g/mol. The van der Waals surface area contributed by atoms with Gasteiger partial charge in [-0.15, -0.1) is 0 Å². The molecule has 0 bridgehead atoms. The summed E-state index contributed by atoms with van der Waals surface area (Å²) < 4.78 is 0.928. The Morgan fingerprint density at radius 2 is 1.94 bits per heavy atom. The second-order valence-electron chi connectivity index (χ2n) is 3.69. The standard InChI is InChI=1S/C13H14BrNO3/c1-2-3-12(16)11(13(17)18)8-15-10-6-4-9(14)5-7-10/h4-8,15H,2-3H2,1H3,(H,17,18). The summed E-state index contributed by atoms with van der Waals surface area (Å²) in [6.07, 6.45) is 2.10. The predicted molar refractivity (Wildman–Crippen MR) is 73.4 cm³/mol. The maximum atomic E-state index is 11.6. The van der Waals surface area contributed by atoms with Gasteiger partial charge in [0.05, 0.1) is 0 Å². The van der Waals surface area contributed by atoms with Gasteiger partial charge in [-0.2, -0.15) is 0 Å². The van der Waals surface area contributed by atoms with Crippen LogP contribution in [0, 0.1) is 0 Å². The van der Waals surface area contributed by atoms with Crippen molar-refractivity contribution < 1.29 is 14.7 Å². The van der Waals surface area contributed by atoms with Gasteiger partial charge in [-0.25, -0.2) is 4.79 Å². The van der Waals surface area contributed by atoms with Crippen molar-refractivity contribution in [3.8, 4) is 0 Å². The summed E-state index contributed by atoms with van der Waals surface area (Å²) in [6, 6.07) is 7.21. The highest BCUT2D eigenvalue weighted by atomic mass is 79.9. The highest BCUT2D eigenvalue weighted by Crippen LogP contribution is 2.14. The van der Waals surface area contributed by atoms with Crippen molar-refractivity contribution in [3.63, 3.8) is 0 Å². The lowest BCUT2D eigenvalue weighted by Crippen LogP contribution is -2.13. The van der Waals surface area contributed by atoms with Crippen LogP contribution in [0.2, 0.25) is 0 Å². The van der Waals surface area contributed by atoms with Crippen LogP contribution in [0.4, 0.5) is 5.69 Å². The highest BCUT2D eigenvalue weighted by molar-refractivity contribution is 9.10. The SMILES string of the molecule is CCCC(=O)C(=CNc1ccc(Br)cc1)C(=O)O. The number of aliphatic carboxylic acids is 1. The molecule has 0 aliphatic heterocycles. The van der Waals surface area contributed by atoms with Crippen LogP contribution >= 0.6 is 15.9 Å². The molecule has 0 saturated carbocycles. The molecule has 96 valence electrons. The quantitative estimate of drug-likeness (QED) is 0.481. The van der Waals surface area contributed by atoms with Gasteiger partial charge in [-0.3, -0.25) is 4.79 Å². The minimum absolute atomic E-state index is 0.222. The van der Waals surface area contributed by atoms with Crippen molar-refractivity contribution in [2.45, 2.75) is 19.8 Å². The molecule has 1 aromatic rings. The summed E-state index contributed by atoms with van der Waals surface area (Å²) in [5.74, 6) is -1.58. The zero-order chi connectivity index (χ0) is 13.5. The molecule has 0 atom stereocenters. The number of benzene rings is 1. The molecular formula is C13H14BrNO3. The fraction of sp³-hybridized carbons (Fsp3) is 0.231. The molecule has 0 unspecified atom stereocenters. The molecule has 0 spiro atoms. The van der Waals surface area contributed by atoms with Crippen molar-refractivity contribution >= 4 is 33.4 Å². The molecule has 0 amide bonds. The number of ketones is 1. The van der Waals surface area contributed by atoms with E-state index in [2.05, 4.69) is 21.2 Å². The van der Waals surface area contributed by atoms with Gasteiger partial charge in [0, 0.05) is 22.8 Å². The predicted octanol–water partition coefficient (Wildman–Crippen LogP) is 3.20. The minimum atomic E-state index is -1.21. The Morgan fingerprint density at radius 3 is 2.44 bits per heavy atom. The van der Waals surface area contributed by atoms with E-state index in [9.17, 15) is 9.59 Å². The number of hydrogen-bond acceptors (Lipinski definition) is 3. The van der Waals surface area contributed by atoms with Gasteiger partial charge in [0.25, 0.3) is 0 Å². The Labute approximate surface area is 114 Å². The van der Waals surface area contributed by atoms with Gasteiger partial charge in [-0.1, -0.05) is 22.9 Å². The van der Waals surface area contributed by atoms with E-state index in [4.69, 9.17) is 5.11 Å². The van der Waals surface area contributed by atoms with Crippen LogP contribution in [0.15, 0.2) is 40.5 Å². The average Bonchev–Trinajstić information content (AvgIpc) is 2.31. The summed E-state index contributed by atoms with van der Waals surface area (Å²) >= 11 is 3.30. The zero-order valence-corrected chi connectivity index (χ0v) is 11.5. The number of Topliss-reactive ketones (excluding diaryl/α,β-unsaturated/α-hetero) is 1. The summed E-state index contributed by atoms with van der Waals surface area (Å²) in [5, 5.41) is 11.8. The normalized spacial score (nSPS) is 11.1. The first-order chi connectivity index (χ1) is 8.54. The van der Waals surface area contributed by atoms with Crippen LogP contribution in [0.25, 0.3) is 0 Å². The third kappa shape index (κ3) is 4.33. The summed E-state index contributed by atoms with van der Waals surface area (Å²) in [4.78, 5) is 22.5. The molecule has 18 heavy (non-hydrogen) atoms.